The number of rotatable bonds is 6. The molecule has 0 unspecified atom stereocenters. The molecule has 9 heteroatoms. The number of hydrogen-bond acceptors (Lipinski definition) is 4. The van der Waals surface area contributed by atoms with E-state index in [2.05, 4.69) is 4.98 Å². The number of ether oxygens (including phenoxy) is 1. The molecule has 4 nitrogen and oxygen atoms in total. The Bertz CT molecular complexity index is 1050. The molecule has 0 radical (unpaired) electrons. The summed E-state index contributed by atoms with van der Waals surface area (Å²) in [7, 11) is 1.63. The highest BCUT2D eigenvalue weighted by molar-refractivity contribution is 6.34. The molecular formula is C21H17Cl2F3N2O2. The van der Waals surface area contributed by atoms with Gasteiger partial charge in [-0.1, -0.05) is 41.4 Å². The maximum Gasteiger partial charge on any atom is 0.433 e. The molecule has 1 aromatic heterocycles. The number of carbonyl (C=O) groups is 1. The third-order valence-electron chi connectivity index (χ3n) is 4.36. The Balaban J connectivity index is 1.68. The molecule has 3 aromatic rings. The van der Waals surface area contributed by atoms with Crippen LogP contribution in [-0.2, 0) is 22.1 Å². The van der Waals surface area contributed by atoms with Crippen molar-refractivity contribution in [2.24, 2.45) is 0 Å². The van der Waals surface area contributed by atoms with Crippen molar-refractivity contribution in [2.45, 2.75) is 12.6 Å². The van der Waals surface area contributed by atoms with Crippen LogP contribution in [0.3, 0.4) is 0 Å². The molecule has 0 amide bonds. The molecule has 0 aliphatic carbocycles. The van der Waals surface area contributed by atoms with Gasteiger partial charge in [-0.2, -0.15) is 13.2 Å². The van der Waals surface area contributed by atoms with Crippen LogP contribution in [0, 0.1) is 0 Å². The van der Waals surface area contributed by atoms with Gasteiger partial charge in [0.15, 0.2) is 0 Å². The summed E-state index contributed by atoms with van der Waals surface area (Å²) in [5, 5.41) is 1.40. The molecule has 0 spiro atoms. The first-order valence-corrected chi connectivity index (χ1v) is 9.68. The number of aromatic nitrogens is 1. The molecule has 1 heterocycles. The number of carbonyl (C=O) groups excluding carboxylic acids is 1. The molecule has 0 saturated heterocycles. The summed E-state index contributed by atoms with van der Waals surface area (Å²) in [6.07, 6.45) is -4.58. The number of anilines is 1. The lowest BCUT2D eigenvalue weighted by Gasteiger charge is -2.22. The van der Waals surface area contributed by atoms with Crippen LogP contribution in [0.5, 0.6) is 0 Å². The summed E-state index contributed by atoms with van der Waals surface area (Å²) >= 11 is 11.8. The minimum atomic E-state index is -4.57. The van der Waals surface area contributed by atoms with Crippen molar-refractivity contribution in [3.8, 4) is 0 Å². The predicted molar refractivity (Wildman–Crippen MR) is 111 cm³/mol. The molecule has 0 atom stereocenters. The van der Waals surface area contributed by atoms with E-state index >= 15 is 0 Å². The Morgan fingerprint density at radius 1 is 1.10 bits per heavy atom. The van der Waals surface area contributed by atoms with Gasteiger partial charge < -0.3 is 9.64 Å². The van der Waals surface area contributed by atoms with Crippen molar-refractivity contribution in [3.63, 3.8) is 0 Å². The van der Waals surface area contributed by atoms with Crippen LogP contribution in [0.4, 0.5) is 18.9 Å². The van der Waals surface area contributed by atoms with Crippen molar-refractivity contribution < 1.29 is 22.7 Å². The highest BCUT2D eigenvalue weighted by Gasteiger charge is 2.33. The topological polar surface area (TPSA) is 42.4 Å². The average molecular weight is 457 g/mol. The molecule has 30 heavy (non-hydrogen) atoms. The largest absolute Gasteiger partial charge is 0.464 e. The molecule has 0 aliphatic heterocycles. The van der Waals surface area contributed by atoms with Crippen LogP contribution >= 0.6 is 23.2 Å². The van der Waals surface area contributed by atoms with E-state index in [0.717, 1.165) is 6.07 Å². The van der Waals surface area contributed by atoms with E-state index in [4.69, 9.17) is 27.9 Å². The number of alkyl halides is 3. The smallest absolute Gasteiger partial charge is 0.433 e. The van der Waals surface area contributed by atoms with E-state index in [1.807, 2.05) is 0 Å². The minimum Gasteiger partial charge on any atom is -0.464 e. The van der Waals surface area contributed by atoms with Crippen LogP contribution in [0.25, 0.3) is 10.9 Å². The lowest BCUT2D eigenvalue weighted by Crippen LogP contribution is -2.25. The van der Waals surface area contributed by atoms with Gasteiger partial charge in [-0.15, -0.1) is 0 Å². The summed E-state index contributed by atoms with van der Waals surface area (Å²) in [4.78, 5) is 17.4. The van der Waals surface area contributed by atoms with Crippen LogP contribution in [0.15, 0.2) is 48.5 Å². The van der Waals surface area contributed by atoms with E-state index in [1.54, 1.807) is 48.3 Å². The number of para-hydroxylation sites is 1. The summed E-state index contributed by atoms with van der Waals surface area (Å²) in [5.41, 5.74) is 0.230. The van der Waals surface area contributed by atoms with Crippen LogP contribution in [0.1, 0.15) is 11.3 Å². The molecule has 3 rings (SSSR count). The van der Waals surface area contributed by atoms with E-state index < -0.39 is 17.8 Å². The molecular weight excluding hydrogens is 440 g/mol. The standard InChI is InChI=1S/C21H17Cl2F3N2O2/c1-28(6-7-30-20(29)10-13-8-14(22)11-15(23)9-13)18-12-19(21(24,25)26)27-17-5-3-2-4-16(17)18/h2-5,8-9,11-12H,6-7,10H2,1H3. The molecule has 0 N–H and O–H groups in total. The maximum absolute atomic E-state index is 13.2. The summed E-state index contributed by atoms with van der Waals surface area (Å²) in [6, 6.07) is 12.4. The van der Waals surface area contributed by atoms with Gasteiger partial charge in [0.05, 0.1) is 18.5 Å². The van der Waals surface area contributed by atoms with Crippen LogP contribution in [0.2, 0.25) is 10.0 Å². The van der Waals surface area contributed by atoms with Gasteiger partial charge in [-0.25, -0.2) is 4.98 Å². The fraction of sp³-hybridized carbons (Fsp3) is 0.238. The van der Waals surface area contributed by atoms with E-state index in [-0.39, 0.29) is 25.1 Å². The number of benzene rings is 2. The zero-order chi connectivity index (χ0) is 21.9. The SMILES string of the molecule is CN(CCOC(=O)Cc1cc(Cl)cc(Cl)c1)c1cc(C(F)(F)F)nc2ccccc12. The first-order chi connectivity index (χ1) is 14.1. The summed E-state index contributed by atoms with van der Waals surface area (Å²) in [5.74, 6) is -0.489. The van der Waals surface area contributed by atoms with Crippen molar-refractivity contribution in [1.29, 1.82) is 0 Å². The van der Waals surface area contributed by atoms with Gasteiger partial charge in [0.2, 0.25) is 0 Å². The second kappa shape index (κ2) is 9.10. The number of hydrogen-bond donors (Lipinski definition) is 0. The van der Waals surface area contributed by atoms with Crippen LogP contribution < -0.4 is 4.90 Å². The van der Waals surface area contributed by atoms with Gasteiger partial charge in [0.25, 0.3) is 0 Å². The Morgan fingerprint density at radius 2 is 1.77 bits per heavy atom. The zero-order valence-corrected chi connectivity index (χ0v) is 17.4. The maximum atomic E-state index is 13.2. The number of nitrogens with zero attached hydrogens (tertiary/aromatic N) is 2. The number of likely N-dealkylation sites (N-methyl/N-ethyl adjacent to an activating group) is 1. The van der Waals surface area contributed by atoms with Crippen molar-refractivity contribution in [2.75, 3.05) is 25.1 Å². The molecule has 158 valence electrons. The molecule has 0 fully saturated rings. The minimum absolute atomic E-state index is 0.00162. The number of fused-ring (bicyclic) bond motifs is 1. The molecule has 2 aromatic carbocycles. The number of pyridine rings is 1. The monoisotopic (exact) mass is 456 g/mol. The van der Waals surface area contributed by atoms with Gasteiger partial charge in [-0.3, -0.25) is 4.79 Å². The fourth-order valence-electron chi connectivity index (χ4n) is 2.97. The molecule has 0 bridgehead atoms. The average Bonchev–Trinajstić information content (AvgIpc) is 2.65. The Morgan fingerprint density at radius 3 is 2.43 bits per heavy atom. The first-order valence-electron chi connectivity index (χ1n) is 8.92. The predicted octanol–water partition coefficient (Wildman–Crippen LogP) is 5.78. The second-order valence-electron chi connectivity index (χ2n) is 6.64. The second-order valence-corrected chi connectivity index (χ2v) is 7.51. The zero-order valence-electron chi connectivity index (χ0n) is 15.8. The molecule has 0 saturated carbocycles. The normalized spacial score (nSPS) is 11.5. The Labute approximate surface area is 181 Å². The fourth-order valence-corrected chi connectivity index (χ4v) is 3.54. The first kappa shape index (κ1) is 22.2. The third kappa shape index (κ3) is 5.55. The highest BCUT2D eigenvalue weighted by Crippen LogP contribution is 2.34. The van der Waals surface area contributed by atoms with Crippen molar-refractivity contribution in [1.82, 2.24) is 4.98 Å². The van der Waals surface area contributed by atoms with Gasteiger partial charge in [0.1, 0.15) is 12.3 Å². The lowest BCUT2D eigenvalue weighted by atomic mass is 10.1. The van der Waals surface area contributed by atoms with E-state index in [9.17, 15) is 18.0 Å². The highest BCUT2D eigenvalue weighted by atomic mass is 35.5. The molecule has 0 aliphatic rings. The summed E-state index contributed by atoms with van der Waals surface area (Å²) < 4.78 is 44.9. The quantitative estimate of drug-likeness (QED) is 0.440. The van der Waals surface area contributed by atoms with Crippen molar-refractivity contribution in [3.05, 3.63) is 69.8 Å². The van der Waals surface area contributed by atoms with E-state index in [0.29, 0.717) is 26.7 Å². The third-order valence-corrected chi connectivity index (χ3v) is 4.79. The Kier molecular flexibility index (Phi) is 6.73. The Hall–Kier alpha value is -2.51. The van der Waals surface area contributed by atoms with E-state index in [1.165, 1.54) is 6.07 Å². The van der Waals surface area contributed by atoms with Gasteiger partial charge in [-0.05, 0) is 35.9 Å². The van der Waals surface area contributed by atoms with Gasteiger partial charge in [0, 0.05) is 28.2 Å². The van der Waals surface area contributed by atoms with Crippen LogP contribution in [-0.4, -0.2) is 31.2 Å². The van der Waals surface area contributed by atoms with Crippen molar-refractivity contribution >= 4 is 45.8 Å². The number of halogens is 5. The summed E-state index contributed by atoms with van der Waals surface area (Å²) in [6.45, 7) is 0.203. The number of esters is 1. The van der Waals surface area contributed by atoms with Gasteiger partial charge >= 0.3 is 12.1 Å². The lowest BCUT2D eigenvalue weighted by molar-refractivity contribution is -0.142.